The lowest BCUT2D eigenvalue weighted by molar-refractivity contribution is -0.152. The predicted octanol–water partition coefficient (Wildman–Crippen LogP) is 2.20. The van der Waals surface area contributed by atoms with E-state index < -0.39 is 29.9 Å². The first kappa shape index (κ1) is 21.4. The van der Waals surface area contributed by atoms with Crippen LogP contribution >= 0.6 is 0 Å². The van der Waals surface area contributed by atoms with Crippen LogP contribution < -0.4 is 10.2 Å². The molecule has 1 aromatic carbocycles. The van der Waals surface area contributed by atoms with E-state index in [9.17, 15) is 19.6 Å². The molecule has 2 atom stereocenters. The van der Waals surface area contributed by atoms with Crippen LogP contribution in [0.4, 0.5) is 5.69 Å². The Morgan fingerprint density at radius 1 is 1.36 bits per heavy atom. The Hall–Kier alpha value is -2.88. The molecule has 1 heterocycles. The van der Waals surface area contributed by atoms with Gasteiger partial charge in [-0.15, -0.1) is 0 Å². The first-order valence-electron chi connectivity index (χ1n) is 9.48. The molecule has 1 fully saturated rings. The number of hydrogen-bond acceptors (Lipinski definition) is 5. The molecule has 1 aliphatic heterocycles. The molecule has 0 bridgehead atoms. The Kier molecular flexibility index (Phi) is 6.79. The van der Waals surface area contributed by atoms with Gasteiger partial charge in [0.2, 0.25) is 5.91 Å². The number of hydrogen-bond donors (Lipinski definition) is 1. The van der Waals surface area contributed by atoms with Crippen molar-refractivity contribution in [2.24, 2.45) is 11.8 Å². The van der Waals surface area contributed by atoms with Gasteiger partial charge < -0.3 is 15.0 Å². The lowest BCUT2D eigenvalue weighted by Crippen LogP contribution is -2.50. The van der Waals surface area contributed by atoms with E-state index in [0.29, 0.717) is 0 Å². The van der Waals surface area contributed by atoms with Crippen LogP contribution in [0.25, 0.3) is 0 Å². The van der Waals surface area contributed by atoms with Crippen molar-refractivity contribution >= 4 is 23.5 Å². The Labute approximate surface area is 165 Å². The number of esters is 1. The lowest BCUT2D eigenvalue weighted by atomic mass is 9.90. The molecule has 28 heavy (non-hydrogen) atoms. The minimum atomic E-state index is -1.03. The van der Waals surface area contributed by atoms with Crippen LogP contribution in [0.1, 0.15) is 39.7 Å². The second-order valence-electron chi connectivity index (χ2n) is 7.55. The standard InChI is InChI=1S/C21H27N3O4/c1-5-15-6-8-17(9-7-15)24-11-16(10-19(24)26)20(27)28-12-18(25)23-21(4,13-22)14(2)3/h6-9,14,16H,5,10-12H2,1-4H3,(H,23,25)/t16-,21-/m0/s1. The molecule has 1 saturated heterocycles. The van der Waals surface area contributed by atoms with Crippen molar-refractivity contribution in [2.75, 3.05) is 18.1 Å². The highest BCUT2D eigenvalue weighted by Crippen LogP contribution is 2.26. The molecule has 7 heteroatoms. The normalized spacial score (nSPS) is 18.5. The van der Waals surface area contributed by atoms with Crippen LogP contribution in [-0.4, -0.2) is 36.5 Å². The Morgan fingerprint density at radius 2 is 2.00 bits per heavy atom. The van der Waals surface area contributed by atoms with Crippen LogP contribution in [0.3, 0.4) is 0 Å². The van der Waals surface area contributed by atoms with Crippen molar-refractivity contribution in [2.45, 2.75) is 46.1 Å². The second-order valence-corrected chi connectivity index (χ2v) is 7.55. The van der Waals surface area contributed by atoms with E-state index >= 15 is 0 Å². The molecule has 0 saturated carbocycles. The molecular weight excluding hydrogens is 358 g/mol. The quantitative estimate of drug-likeness (QED) is 0.726. The summed E-state index contributed by atoms with van der Waals surface area (Å²) in [5.74, 6) is -1.98. The van der Waals surface area contributed by atoms with Gasteiger partial charge in [0.15, 0.2) is 6.61 Å². The number of nitriles is 1. The minimum absolute atomic E-state index is 0.0535. The maximum atomic E-state index is 12.3. The van der Waals surface area contributed by atoms with Crippen LogP contribution in [0, 0.1) is 23.2 Å². The summed E-state index contributed by atoms with van der Waals surface area (Å²) in [5, 5.41) is 11.8. The summed E-state index contributed by atoms with van der Waals surface area (Å²) in [5.41, 5.74) is 0.883. The molecule has 0 radical (unpaired) electrons. The van der Waals surface area contributed by atoms with Crippen molar-refractivity contribution in [3.63, 3.8) is 0 Å². The van der Waals surface area contributed by atoms with Gasteiger partial charge in [-0.2, -0.15) is 5.26 Å². The lowest BCUT2D eigenvalue weighted by Gasteiger charge is -2.27. The molecule has 1 aromatic rings. The fourth-order valence-electron chi connectivity index (χ4n) is 2.91. The average Bonchev–Trinajstić information content (AvgIpc) is 3.07. The predicted molar refractivity (Wildman–Crippen MR) is 104 cm³/mol. The van der Waals surface area contributed by atoms with Crippen LogP contribution in [0.5, 0.6) is 0 Å². The van der Waals surface area contributed by atoms with E-state index in [1.54, 1.807) is 11.8 Å². The van der Waals surface area contributed by atoms with Crippen LogP contribution in [0.15, 0.2) is 24.3 Å². The number of anilines is 1. The molecule has 0 unspecified atom stereocenters. The van der Waals surface area contributed by atoms with E-state index in [0.717, 1.165) is 12.1 Å². The van der Waals surface area contributed by atoms with Gasteiger partial charge in [-0.3, -0.25) is 14.4 Å². The molecule has 150 valence electrons. The molecule has 7 nitrogen and oxygen atoms in total. The smallest absolute Gasteiger partial charge is 0.311 e. The summed E-state index contributed by atoms with van der Waals surface area (Å²) >= 11 is 0. The van der Waals surface area contributed by atoms with E-state index in [4.69, 9.17) is 4.74 Å². The third-order valence-electron chi connectivity index (χ3n) is 5.25. The van der Waals surface area contributed by atoms with Crippen molar-refractivity contribution in [1.29, 1.82) is 5.26 Å². The number of benzene rings is 1. The second kappa shape index (κ2) is 8.87. The number of aryl methyl sites for hydroxylation is 1. The Bertz CT molecular complexity index is 782. The summed E-state index contributed by atoms with van der Waals surface area (Å²) in [6.07, 6.45) is 0.963. The number of nitrogens with zero attached hydrogens (tertiary/aromatic N) is 2. The average molecular weight is 385 g/mol. The summed E-state index contributed by atoms with van der Waals surface area (Å²) < 4.78 is 5.09. The van der Waals surface area contributed by atoms with E-state index in [1.807, 2.05) is 38.1 Å². The zero-order valence-corrected chi connectivity index (χ0v) is 16.8. The van der Waals surface area contributed by atoms with Crippen LogP contribution in [-0.2, 0) is 25.5 Å². The molecule has 2 amide bonds. The SMILES string of the molecule is CCc1ccc(N2C[C@@H](C(=O)OCC(=O)N[C@@](C)(C#N)C(C)C)CC2=O)cc1. The monoisotopic (exact) mass is 385 g/mol. The van der Waals surface area contributed by atoms with Gasteiger partial charge in [-0.1, -0.05) is 32.9 Å². The van der Waals surface area contributed by atoms with Crippen molar-refractivity contribution in [1.82, 2.24) is 5.32 Å². The third-order valence-corrected chi connectivity index (χ3v) is 5.25. The fraction of sp³-hybridized carbons (Fsp3) is 0.524. The van der Waals surface area contributed by atoms with Gasteiger partial charge >= 0.3 is 5.97 Å². The summed E-state index contributed by atoms with van der Waals surface area (Å²) in [6, 6.07) is 9.72. The highest BCUT2D eigenvalue weighted by molar-refractivity contribution is 5.99. The zero-order valence-electron chi connectivity index (χ0n) is 16.8. The van der Waals surface area contributed by atoms with Crippen molar-refractivity contribution in [3.05, 3.63) is 29.8 Å². The third kappa shape index (κ3) is 4.89. The molecule has 1 aliphatic rings. The van der Waals surface area contributed by atoms with Gasteiger partial charge in [0.1, 0.15) is 5.54 Å². The number of ether oxygens (including phenoxy) is 1. The highest BCUT2D eigenvalue weighted by Gasteiger charge is 2.37. The minimum Gasteiger partial charge on any atom is -0.455 e. The number of rotatable bonds is 7. The Morgan fingerprint density at radius 3 is 2.54 bits per heavy atom. The van der Waals surface area contributed by atoms with Gasteiger partial charge in [-0.05, 0) is 37.0 Å². The number of carbonyl (C=O) groups is 3. The Balaban J connectivity index is 1.90. The van der Waals surface area contributed by atoms with E-state index in [-0.39, 0.29) is 24.8 Å². The van der Waals surface area contributed by atoms with E-state index in [1.165, 1.54) is 5.56 Å². The number of nitrogens with one attached hydrogen (secondary N) is 1. The maximum absolute atomic E-state index is 12.3. The molecule has 2 rings (SSSR count). The molecule has 1 N–H and O–H groups in total. The number of amides is 2. The summed E-state index contributed by atoms with van der Waals surface area (Å²) in [6.45, 7) is 7.07. The van der Waals surface area contributed by atoms with Crippen LogP contribution in [0.2, 0.25) is 0 Å². The topological polar surface area (TPSA) is 99.5 Å². The summed E-state index contributed by atoms with van der Waals surface area (Å²) in [7, 11) is 0. The highest BCUT2D eigenvalue weighted by atomic mass is 16.5. The number of carbonyl (C=O) groups excluding carboxylic acids is 3. The van der Waals surface area contributed by atoms with E-state index in [2.05, 4.69) is 18.3 Å². The largest absolute Gasteiger partial charge is 0.455 e. The van der Waals surface area contributed by atoms with Gasteiger partial charge in [-0.25, -0.2) is 0 Å². The molecule has 0 aliphatic carbocycles. The maximum Gasteiger partial charge on any atom is 0.311 e. The summed E-state index contributed by atoms with van der Waals surface area (Å²) in [4.78, 5) is 38.2. The van der Waals surface area contributed by atoms with Crippen molar-refractivity contribution in [3.8, 4) is 6.07 Å². The molecule has 0 spiro atoms. The molecular formula is C21H27N3O4. The van der Waals surface area contributed by atoms with Gasteiger partial charge in [0.05, 0.1) is 12.0 Å². The fourth-order valence-corrected chi connectivity index (χ4v) is 2.91. The first-order valence-corrected chi connectivity index (χ1v) is 9.48. The first-order chi connectivity index (χ1) is 13.2. The van der Waals surface area contributed by atoms with Gasteiger partial charge in [0.25, 0.3) is 5.91 Å². The molecule has 0 aromatic heterocycles. The van der Waals surface area contributed by atoms with Crippen molar-refractivity contribution < 1.29 is 19.1 Å². The van der Waals surface area contributed by atoms with Gasteiger partial charge in [0, 0.05) is 18.7 Å². The zero-order chi connectivity index (χ0) is 20.9.